The summed E-state index contributed by atoms with van der Waals surface area (Å²) in [6, 6.07) is 3.78. The second kappa shape index (κ2) is 5.07. The van der Waals surface area contributed by atoms with Gasteiger partial charge in [-0.15, -0.1) is 0 Å². The Bertz CT molecular complexity index is 764. The normalized spacial score (nSPS) is 17.7. The van der Waals surface area contributed by atoms with Crippen molar-refractivity contribution >= 4 is 15.9 Å². The first-order valence-electron chi connectivity index (χ1n) is 6.76. The maximum absolute atomic E-state index is 5.44. The maximum Gasteiger partial charge on any atom is 0.230 e. The Hall–Kier alpha value is -2.02. The molecule has 0 bridgehead atoms. The standard InChI is InChI=1S/C14H12BrN5O/c15-10-2-4-12(16-7-10)13-18-14(21-20-13)8-1-3-11-9(5-8)6-17-19-11/h2,4,6-8H,1,3,5H2,(H,17,19). The minimum absolute atomic E-state index is 0.256. The molecule has 3 aromatic rings. The highest BCUT2D eigenvalue weighted by Gasteiger charge is 2.26. The fraction of sp³-hybridized carbons (Fsp3) is 0.286. The van der Waals surface area contributed by atoms with Crippen molar-refractivity contribution in [2.45, 2.75) is 25.2 Å². The van der Waals surface area contributed by atoms with Crippen molar-refractivity contribution in [3.8, 4) is 11.5 Å². The summed E-state index contributed by atoms with van der Waals surface area (Å²) < 4.78 is 6.36. The highest BCUT2D eigenvalue weighted by atomic mass is 79.9. The fourth-order valence-electron chi connectivity index (χ4n) is 2.64. The van der Waals surface area contributed by atoms with Gasteiger partial charge in [0.25, 0.3) is 0 Å². The lowest BCUT2D eigenvalue weighted by Gasteiger charge is -2.17. The van der Waals surface area contributed by atoms with Crippen LogP contribution in [0.1, 0.15) is 29.5 Å². The van der Waals surface area contributed by atoms with E-state index >= 15 is 0 Å². The van der Waals surface area contributed by atoms with Crippen LogP contribution in [0.3, 0.4) is 0 Å². The zero-order chi connectivity index (χ0) is 14.2. The molecule has 0 saturated carbocycles. The quantitative estimate of drug-likeness (QED) is 0.772. The van der Waals surface area contributed by atoms with E-state index in [2.05, 4.69) is 41.3 Å². The molecule has 0 radical (unpaired) electrons. The van der Waals surface area contributed by atoms with E-state index in [1.165, 1.54) is 11.3 Å². The third kappa shape index (κ3) is 2.37. The lowest BCUT2D eigenvalue weighted by atomic mass is 9.88. The smallest absolute Gasteiger partial charge is 0.230 e. The maximum atomic E-state index is 5.44. The number of nitrogens with one attached hydrogen (secondary N) is 1. The van der Waals surface area contributed by atoms with Gasteiger partial charge in [-0.05, 0) is 52.9 Å². The highest BCUT2D eigenvalue weighted by Crippen LogP contribution is 2.31. The molecule has 1 aliphatic carbocycles. The summed E-state index contributed by atoms with van der Waals surface area (Å²) in [6.07, 6.45) is 6.46. The number of H-pyrrole nitrogens is 1. The SMILES string of the molecule is Brc1ccc(-c2noc(C3CCc4[nH]ncc4C3)n2)nc1. The van der Waals surface area contributed by atoms with Crippen LogP contribution >= 0.6 is 15.9 Å². The Balaban J connectivity index is 1.59. The van der Waals surface area contributed by atoms with E-state index < -0.39 is 0 Å². The first-order valence-corrected chi connectivity index (χ1v) is 7.55. The largest absolute Gasteiger partial charge is 0.339 e. The number of hydrogen-bond donors (Lipinski definition) is 1. The summed E-state index contributed by atoms with van der Waals surface area (Å²) >= 11 is 3.36. The van der Waals surface area contributed by atoms with Crippen molar-refractivity contribution in [3.05, 3.63) is 46.1 Å². The first kappa shape index (κ1) is 12.7. The van der Waals surface area contributed by atoms with E-state index in [1.54, 1.807) is 6.20 Å². The molecule has 0 aromatic carbocycles. The number of halogens is 1. The summed E-state index contributed by atoms with van der Waals surface area (Å²) in [6.45, 7) is 0. The molecule has 6 nitrogen and oxygen atoms in total. The summed E-state index contributed by atoms with van der Waals surface area (Å²) in [4.78, 5) is 8.79. The van der Waals surface area contributed by atoms with Gasteiger partial charge < -0.3 is 4.52 Å². The van der Waals surface area contributed by atoms with Crippen molar-refractivity contribution in [1.82, 2.24) is 25.3 Å². The minimum atomic E-state index is 0.256. The monoisotopic (exact) mass is 345 g/mol. The lowest BCUT2D eigenvalue weighted by molar-refractivity contribution is 0.340. The van der Waals surface area contributed by atoms with Gasteiger partial charge in [-0.3, -0.25) is 10.1 Å². The Morgan fingerprint density at radius 2 is 2.24 bits per heavy atom. The number of pyridine rings is 1. The Morgan fingerprint density at radius 1 is 1.29 bits per heavy atom. The van der Waals surface area contributed by atoms with E-state index in [0.29, 0.717) is 17.4 Å². The molecular weight excluding hydrogens is 334 g/mol. The predicted molar refractivity (Wildman–Crippen MR) is 78.6 cm³/mol. The molecule has 4 rings (SSSR count). The minimum Gasteiger partial charge on any atom is -0.339 e. The van der Waals surface area contributed by atoms with Crippen molar-refractivity contribution in [2.24, 2.45) is 0 Å². The molecule has 21 heavy (non-hydrogen) atoms. The molecular formula is C14H12BrN5O. The van der Waals surface area contributed by atoms with E-state index in [4.69, 9.17) is 4.52 Å². The topological polar surface area (TPSA) is 80.5 Å². The number of aryl methyl sites for hydroxylation is 1. The number of rotatable bonds is 2. The Kier molecular flexibility index (Phi) is 3.07. The molecule has 1 aliphatic rings. The molecule has 0 amide bonds. The van der Waals surface area contributed by atoms with Crippen molar-refractivity contribution < 1.29 is 4.52 Å². The molecule has 0 aliphatic heterocycles. The van der Waals surface area contributed by atoms with E-state index in [9.17, 15) is 0 Å². The highest BCUT2D eigenvalue weighted by molar-refractivity contribution is 9.10. The molecule has 106 valence electrons. The summed E-state index contributed by atoms with van der Waals surface area (Å²) in [5.41, 5.74) is 3.18. The number of fused-ring (bicyclic) bond motifs is 1. The number of aromatic nitrogens is 5. The van der Waals surface area contributed by atoms with Crippen LogP contribution in [0.4, 0.5) is 0 Å². The molecule has 0 spiro atoms. The van der Waals surface area contributed by atoms with Gasteiger partial charge in [0.05, 0.1) is 6.20 Å². The van der Waals surface area contributed by atoms with Crippen molar-refractivity contribution in [1.29, 1.82) is 0 Å². The van der Waals surface area contributed by atoms with Gasteiger partial charge in [-0.2, -0.15) is 10.1 Å². The van der Waals surface area contributed by atoms with Crippen LogP contribution in [0.5, 0.6) is 0 Å². The van der Waals surface area contributed by atoms with Crippen molar-refractivity contribution in [3.63, 3.8) is 0 Å². The average Bonchev–Trinajstić information content (AvgIpc) is 3.16. The predicted octanol–water partition coefficient (Wildman–Crippen LogP) is 2.89. The van der Waals surface area contributed by atoms with Gasteiger partial charge in [-0.1, -0.05) is 5.16 Å². The summed E-state index contributed by atoms with van der Waals surface area (Å²) in [7, 11) is 0. The van der Waals surface area contributed by atoms with Gasteiger partial charge >= 0.3 is 0 Å². The zero-order valence-corrected chi connectivity index (χ0v) is 12.7. The van der Waals surface area contributed by atoms with E-state index in [1.807, 2.05) is 18.3 Å². The van der Waals surface area contributed by atoms with Crippen LogP contribution in [0, 0.1) is 0 Å². The van der Waals surface area contributed by atoms with Gasteiger partial charge in [0.2, 0.25) is 11.7 Å². The lowest BCUT2D eigenvalue weighted by Crippen LogP contribution is -2.12. The molecule has 0 saturated heterocycles. The summed E-state index contributed by atoms with van der Waals surface area (Å²) in [5, 5.41) is 11.2. The number of hydrogen-bond acceptors (Lipinski definition) is 5. The molecule has 1 N–H and O–H groups in total. The molecule has 1 atom stereocenters. The number of aromatic amines is 1. The molecule has 1 unspecified atom stereocenters. The average molecular weight is 346 g/mol. The Morgan fingerprint density at radius 3 is 3.10 bits per heavy atom. The van der Waals surface area contributed by atoms with Crippen LogP contribution in [-0.2, 0) is 12.8 Å². The Labute approximate surface area is 129 Å². The van der Waals surface area contributed by atoms with Gasteiger partial charge in [0, 0.05) is 22.3 Å². The van der Waals surface area contributed by atoms with Gasteiger partial charge in [0.1, 0.15) is 5.69 Å². The second-order valence-corrected chi connectivity index (χ2v) is 6.05. The fourth-order valence-corrected chi connectivity index (χ4v) is 2.87. The third-order valence-electron chi connectivity index (χ3n) is 3.76. The second-order valence-electron chi connectivity index (χ2n) is 5.13. The molecule has 3 heterocycles. The van der Waals surface area contributed by atoms with Gasteiger partial charge in [-0.25, -0.2) is 0 Å². The van der Waals surface area contributed by atoms with E-state index in [0.717, 1.165) is 23.7 Å². The third-order valence-corrected chi connectivity index (χ3v) is 4.23. The van der Waals surface area contributed by atoms with Crippen molar-refractivity contribution in [2.75, 3.05) is 0 Å². The summed E-state index contributed by atoms with van der Waals surface area (Å²) in [5.74, 6) is 1.48. The zero-order valence-electron chi connectivity index (χ0n) is 11.1. The van der Waals surface area contributed by atoms with Crippen LogP contribution in [-0.4, -0.2) is 25.3 Å². The molecule has 7 heteroatoms. The van der Waals surface area contributed by atoms with Crippen LogP contribution in [0.25, 0.3) is 11.5 Å². The molecule has 3 aromatic heterocycles. The van der Waals surface area contributed by atoms with Crippen LogP contribution in [0.15, 0.2) is 33.5 Å². The first-order chi connectivity index (χ1) is 10.3. The molecule has 0 fully saturated rings. The van der Waals surface area contributed by atoms with Gasteiger partial charge in [0.15, 0.2) is 0 Å². The van der Waals surface area contributed by atoms with E-state index in [-0.39, 0.29) is 5.92 Å². The van der Waals surface area contributed by atoms with Crippen LogP contribution < -0.4 is 0 Å². The van der Waals surface area contributed by atoms with Crippen LogP contribution in [0.2, 0.25) is 0 Å². The number of nitrogens with zero attached hydrogens (tertiary/aromatic N) is 4.